The zero-order valence-corrected chi connectivity index (χ0v) is 10.4. The van der Waals surface area contributed by atoms with Gasteiger partial charge < -0.3 is 4.74 Å². The molecule has 16 heavy (non-hydrogen) atoms. The highest BCUT2D eigenvalue weighted by Gasteiger charge is 2.40. The number of hydrogen-bond donors (Lipinski definition) is 0. The van der Waals surface area contributed by atoms with E-state index in [0.717, 1.165) is 12.0 Å². The molecule has 0 aliphatic carbocycles. The van der Waals surface area contributed by atoms with E-state index in [4.69, 9.17) is 27.9 Å². The van der Waals surface area contributed by atoms with Gasteiger partial charge in [-0.2, -0.15) is 0 Å². The van der Waals surface area contributed by atoms with Crippen LogP contribution in [0.15, 0.2) is 18.2 Å². The first-order chi connectivity index (χ1) is 7.57. The summed E-state index contributed by atoms with van der Waals surface area (Å²) < 4.78 is 5.44. The van der Waals surface area contributed by atoms with Crippen LogP contribution in [0, 0.1) is 0 Å². The van der Waals surface area contributed by atoms with Crippen LogP contribution in [0.2, 0.25) is 10.0 Å². The van der Waals surface area contributed by atoms with Crippen LogP contribution in [0.5, 0.6) is 0 Å². The number of halogens is 2. The summed E-state index contributed by atoms with van der Waals surface area (Å²) in [6.45, 7) is 2.00. The minimum Gasteiger partial charge on any atom is -0.454 e. The maximum Gasteiger partial charge on any atom is 0.306 e. The minimum atomic E-state index is -0.509. The predicted octanol–water partition coefficient (Wildman–Crippen LogP) is 3.94. The first-order valence-corrected chi connectivity index (χ1v) is 6.00. The average molecular weight is 259 g/mol. The Balaban J connectivity index is 2.41. The third-order valence-corrected chi connectivity index (χ3v) is 3.80. The molecule has 1 fully saturated rings. The largest absolute Gasteiger partial charge is 0.454 e. The topological polar surface area (TPSA) is 26.3 Å². The quantitative estimate of drug-likeness (QED) is 0.752. The fraction of sp³-hybridized carbons (Fsp3) is 0.417. The van der Waals surface area contributed by atoms with Gasteiger partial charge in [-0.3, -0.25) is 4.79 Å². The zero-order valence-electron chi connectivity index (χ0n) is 8.93. The van der Waals surface area contributed by atoms with Gasteiger partial charge in [0.2, 0.25) is 0 Å². The highest BCUT2D eigenvalue weighted by Crippen LogP contribution is 2.41. The first-order valence-electron chi connectivity index (χ1n) is 5.25. The molecule has 0 aromatic heterocycles. The van der Waals surface area contributed by atoms with Gasteiger partial charge in [0.05, 0.1) is 10.0 Å². The molecular weight excluding hydrogens is 247 g/mol. The van der Waals surface area contributed by atoms with Crippen molar-refractivity contribution >= 4 is 29.2 Å². The second-order valence-corrected chi connectivity index (χ2v) is 4.77. The van der Waals surface area contributed by atoms with E-state index in [9.17, 15) is 4.79 Å². The maximum absolute atomic E-state index is 11.3. The maximum atomic E-state index is 11.3. The molecule has 0 amide bonds. The molecule has 0 spiro atoms. The summed E-state index contributed by atoms with van der Waals surface area (Å²) in [7, 11) is 0. The van der Waals surface area contributed by atoms with Gasteiger partial charge >= 0.3 is 5.97 Å². The highest BCUT2D eigenvalue weighted by molar-refractivity contribution is 6.42. The van der Waals surface area contributed by atoms with Crippen molar-refractivity contribution in [3.05, 3.63) is 33.8 Å². The predicted molar refractivity (Wildman–Crippen MR) is 63.8 cm³/mol. The van der Waals surface area contributed by atoms with Crippen LogP contribution >= 0.6 is 23.2 Å². The fourth-order valence-corrected chi connectivity index (χ4v) is 2.36. The van der Waals surface area contributed by atoms with Gasteiger partial charge in [0.1, 0.15) is 5.60 Å². The van der Waals surface area contributed by atoms with Crippen LogP contribution in [0.1, 0.15) is 31.7 Å². The number of rotatable bonds is 2. The van der Waals surface area contributed by atoms with Crippen molar-refractivity contribution in [3.8, 4) is 0 Å². The second-order valence-electron chi connectivity index (χ2n) is 3.95. The summed E-state index contributed by atoms with van der Waals surface area (Å²) in [5, 5.41) is 1.01. The van der Waals surface area contributed by atoms with Gasteiger partial charge in [0, 0.05) is 12.8 Å². The number of hydrogen-bond acceptors (Lipinski definition) is 2. The van der Waals surface area contributed by atoms with E-state index in [0.29, 0.717) is 22.9 Å². The van der Waals surface area contributed by atoms with E-state index in [-0.39, 0.29) is 5.97 Å². The number of carbonyl (C=O) groups is 1. The van der Waals surface area contributed by atoms with Crippen molar-refractivity contribution in [2.75, 3.05) is 0 Å². The van der Waals surface area contributed by atoms with Crippen LogP contribution < -0.4 is 0 Å². The van der Waals surface area contributed by atoms with E-state index in [1.54, 1.807) is 12.1 Å². The molecule has 0 saturated carbocycles. The average Bonchev–Trinajstić information content (AvgIpc) is 2.65. The van der Waals surface area contributed by atoms with Crippen molar-refractivity contribution in [1.29, 1.82) is 0 Å². The second kappa shape index (κ2) is 4.27. The fourth-order valence-electron chi connectivity index (χ4n) is 2.06. The number of cyclic esters (lactones) is 1. The minimum absolute atomic E-state index is 0.145. The Labute approximate surface area is 104 Å². The van der Waals surface area contributed by atoms with Gasteiger partial charge in [0.15, 0.2) is 0 Å². The lowest BCUT2D eigenvalue weighted by atomic mass is 9.88. The zero-order chi connectivity index (χ0) is 11.8. The van der Waals surface area contributed by atoms with E-state index in [1.165, 1.54) is 0 Å². The van der Waals surface area contributed by atoms with Gasteiger partial charge in [-0.05, 0) is 24.1 Å². The number of carbonyl (C=O) groups excluding carboxylic acids is 1. The summed E-state index contributed by atoms with van der Waals surface area (Å²) in [6.07, 6.45) is 1.92. The van der Waals surface area contributed by atoms with E-state index in [2.05, 4.69) is 0 Å². The Morgan fingerprint density at radius 2 is 2.12 bits per heavy atom. The molecule has 0 bridgehead atoms. The van der Waals surface area contributed by atoms with Crippen LogP contribution in [0.3, 0.4) is 0 Å². The summed E-state index contributed by atoms with van der Waals surface area (Å²) in [4.78, 5) is 11.3. The molecule has 1 heterocycles. The van der Waals surface area contributed by atoms with Crippen molar-refractivity contribution in [2.45, 2.75) is 31.8 Å². The van der Waals surface area contributed by atoms with E-state index < -0.39 is 5.60 Å². The van der Waals surface area contributed by atoms with Gasteiger partial charge in [-0.15, -0.1) is 0 Å². The van der Waals surface area contributed by atoms with Gasteiger partial charge in [0.25, 0.3) is 0 Å². The molecular formula is C12H12Cl2O2. The van der Waals surface area contributed by atoms with Gasteiger partial charge in [-0.1, -0.05) is 36.2 Å². The number of ether oxygens (including phenoxy) is 1. The Kier molecular flexibility index (Phi) is 3.13. The molecule has 1 saturated heterocycles. The molecule has 1 aromatic rings. The highest BCUT2D eigenvalue weighted by atomic mass is 35.5. The standard InChI is InChI=1S/C12H12Cl2O2/c1-2-12(6-5-11(15)16-12)8-3-4-9(13)10(14)7-8/h3-4,7H,2,5-6H2,1H3. The molecule has 86 valence electrons. The Morgan fingerprint density at radius 3 is 2.62 bits per heavy atom. The van der Waals surface area contributed by atoms with Crippen molar-refractivity contribution in [3.63, 3.8) is 0 Å². The summed E-state index contributed by atoms with van der Waals surface area (Å²) >= 11 is 11.8. The summed E-state index contributed by atoms with van der Waals surface area (Å²) in [5.74, 6) is -0.145. The Morgan fingerprint density at radius 1 is 1.38 bits per heavy atom. The normalized spacial score (nSPS) is 24.6. The smallest absolute Gasteiger partial charge is 0.306 e. The van der Waals surface area contributed by atoms with Crippen LogP contribution in [0.25, 0.3) is 0 Å². The van der Waals surface area contributed by atoms with Crippen molar-refractivity contribution < 1.29 is 9.53 Å². The number of esters is 1. The van der Waals surface area contributed by atoms with Crippen LogP contribution in [0.4, 0.5) is 0 Å². The molecule has 1 unspecified atom stereocenters. The molecule has 1 aromatic carbocycles. The van der Waals surface area contributed by atoms with Crippen LogP contribution in [-0.2, 0) is 15.1 Å². The monoisotopic (exact) mass is 258 g/mol. The SMILES string of the molecule is CCC1(c2ccc(Cl)c(Cl)c2)CCC(=O)O1. The molecule has 0 radical (unpaired) electrons. The van der Waals surface area contributed by atoms with Crippen molar-refractivity contribution in [2.24, 2.45) is 0 Å². The third kappa shape index (κ3) is 1.92. The molecule has 0 N–H and O–H groups in total. The molecule has 1 aliphatic rings. The van der Waals surface area contributed by atoms with Crippen molar-refractivity contribution in [1.82, 2.24) is 0 Å². The molecule has 4 heteroatoms. The Hall–Kier alpha value is -0.730. The lowest BCUT2D eigenvalue weighted by Crippen LogP contribution is -2.24. The van der Waals surface area contributed by atoms with Crippen LogP contribution in [-0.4, -0.2) is 5.97 Å². The lowest BCUT2D eigenvalue weighted by molar-refractivity contribution is -0.149. The third-order valence-electron chi connectivity index (χ3n) is 3.06. The number of benzene rings is 1. The molecule has 1 aliphatic heterocycles. The first kappa shape index (κ1) is 11.7. The summed E-state index contributed by atoms with van der Waals surface area (Å²) in [6, 6.07) is 5.39. The lowest BCUT2D eigenvalue weighted by Gasteiger charge is -2.27. The molecule has 2 nitrogen and oxygen atoms in total. The van der Waals surface area contributed by atoms with E-state index >= 15 is 0 Å². The van der Waals surface area contributed by atoms with E-state index in [1.807, 2.05) is 13.0 Å². The Bertz CT molecular complexity index is 431. The molecule has 1 atom stereocenters. The molecule has 2 rings (SSSR count). The summed E-state index contributed by atoms with van der Waals surface area (Å²) in [5.41, 5.74) is 0.418. The van der Waals surface area contributed by atoms with Gasteiger partial charge in [-0.25, -0.2) is 0 Å².